The topological polar surface area (TPSA) is 78.4 Å². The van der Waals surface area contributed by atoms with E-state index in [0.717, 1.165) is 3.57 Å². The lowest BCUT2D eigenvalue weighted by atomic mass is 10.2. The van der Waals surface area contributed by atoms with Crippen molar-refractivity contribution in [1.82, 2.24) is 5.32 Å². The third kappa shape index (κ3) is 4.46. The van der Waals surface area contributed by atoms with E-state index in [-0.39, 0.29) is 18.0 Å². The summed E-state index contributed by atoms with van der Waals surface area (Å²) in [4.78, 5) is 22.4. The Morgan fingerprint density at radius 2 is 2.17 bits per heavy atom. The van der Waals surface area contributed by atoms with Gasteiger partial charge in [-0.25, -0.2) is 4.79 Å². The molecule has 1 amide bonds. The number of carbonyl (C=O) groups excluding carboxylic acids is 1. The molecule has 1 aromatic carbocycles. The number of hydrogen-bond acceptors (Lipinski definition) is 3. The Balaban J connectivity index is 2.71. The van der Waals surface area contributed by atoms with Gasteiger partial charge in [0.15, 0.2) is 0 Å². The fourth-order valence-corrected chi connectivity index (χ4v) is 1.71. The summed E-state index contributed by atoms with van der Waals surface area (Å²) in [5.74, 6) is -1.25. The number of carboxylic acid groups (broad SMARTS) is 1. The van der Waals surface area contributed by atoms with E-state index in [1.807, 2.05) is 22.6 Å². The largest absolute Gasteiger partial charge is 0.478 e. The zero-order valence-electron chi connectivity index (χ0n) is 9.57. The molecule has 3 N–H and O–H groups in total. The van der Waals surface area contributed by atoms with E-state index in [4.69, 9.17) is 5.11 Å². The second kappa shape index (κ2) is 7.12. The van der Waals surface area contributed by atoms with E-state index >= 15 is 0 Å². The Morgan fingerprint density at radius 1 is 1.44 bits per heavy atom. The first-order valence-corrected chi connectivity index (χ1v) is 6.26. The van der Waals surface area contributed by atoms with E-state index in [1.54, 1.807) is 12.1 Å². The lowest BCUT2D eigenvalue weighted by molar-refractivity contribution is -0.115. The molecular weight excluding hydrogens is 347 g/mol. The van der Waals surface area contributed by atoms with Crippen LogP contribution in [0.1, 0.15) is 10.4 Å². The molecule has 1 rings (SSSR count). The maximum Gasteiger partial charge on any atom is 0.335 e. The molecule has 0 unspecified atom stereocenters. The summed E-state index contributed by atoms with van der Waals surface area (Å²) in [5.41, 5.74) is 0.644. The van der Waals surface area contributed by atoms with E-state index in [1.165, 1.54) is 12.1 Å². The van der Waals surface area contributed by atoms with Crippen LogP contribution < -0.4 is 10.6 Å². The van der Waals surface area contributed by atoms with Crippen LogP contribution in [-0.2, 0) is 4.79 Å². The first-order valence-electron chi connectivity index (χ1n) is 5.19. The molecule has 0 bridgehead atoms. The van der Waals surface area contributed by atoms with Crippen LogP contribution in [-0.4, -0.2) is 30.1 Å². The van der Waals surface area contributed by atoms with Crippen molar-refractivity contribution in [1.29, 1.82) is 0 Å². The molecule has 6 heteroatoms. The summed E-state index contributed by atoms with van der Waals surface area (Å²) >= 11 is 2.03. The summed E-state index contributed by atoms with van der Waals surface area (Å²) in [7, 11) is 0. The highest BCUT2D eigenvalue weighted by atomic mass is 127. The fraction of sp³-hybridized carbons (Fsp3) is 0.167. The van der Waals surface area contributed by atoms with Crippen LogP contribution in [0.2, 0.25) is 0 Å². The molecule has 0 aromatic heterocycles. The molecule has 0 aliphatic carbocycles. The second-order valence-corrected chi connectivity index (χ2v) is 4.63. The number of benzene rings is 1. The Hall–Kier alpha value is -1.41. The molecule has 0 spiro atoms. The average Bonchev–Trinajstić information content (AvgIpc) is 2.32. The number of anilines is 1. The minimum absolute atomic E-state index is 0.143. The number of rotatable bonds is 6. The van der Waals surface area contributed by atoms with Crippen molar-refractivity contribution in [2.45, 2.75) is 0 Å². The quantitative estimate of drug-likeness (QED) is 0.410. The van der Waals surface area contributed by atoms with Crippen molar-refractivity contribution < 1.29 is 14.7 Å². The molecular formula is C12H13IN2O3. The van der Waals surface area contributed by atoms with Crippen molar-refractivity contribution in [2.75, 3.05) is 18.4 Å². The lowest BCUT2D eigenvalue weighted by Crippen LogP contribution is -2.28. The summed E-state index contributed by atoms with van der Waals surface area (Å²) in [5, 5.41) is 14.4. The molecule has 18 heavy (non-hydrogen) atoms. The van der Waals surface area contributed by atoms with Crippen LogP contribution in [0, 0.1) is 3.57 Å². The normalized spacial score (nSPS) is 9.83. The van der Waals surface area contributed by atoms with Crippen molar-refractivity contribution in [3.05, 3.63) is 40.0 Å². The van der Waals surface area contributed by atoms with Gasteiger partial charge in [-0.05, 0) is 40.8 Å². The van der Waals surface area contributed by atoms with Crippen molar-refractivity contribution in [3.63, 3.8) is 0 Å². The van der Waals surface area contributed by atoms with Crippen LogP contribution in [0.4, 0.5) is 5.69 Å². The SMILES string of the molecule is C=CCNCC(=O)Nc1cc(C(=O)O)ccc1I. The monoisotopic (exact) mass is 360 g/mol. The Labute approximate surface area is 118 Å². The number of carboxylic acids is 1. The number of amides is 1. The Morgan fingerprint density at radius 3 is 2.78 bits per heavy atom. The maximum atomic E-state index is 11.6. The van der Waals surface area contributed by atoms with E-state index in [0.29, 0.717) is 12.2 Å². The van der Waals surface area contributed by atoms with Gasteiger partial charge >= 0.3 is 5.97 Å². The van der Waals surface area contributed by atoms with Crippen molar-refractivity contribution >= 4 is 40.2 Å². The van der Waals surface area contributed by atoms with E-state index < -0.39 is 5.97 Å². The van der Waals surface area contributed by atoms with Gasteiger partial charge in [0.25, 0.3) is 0 Å². The average molecular weight is 360 g/mol. The molecule has 0 saturated heterocycles. The molecule has 96 valence electrons. The van der Waals surface area contributed by atoms with E-state index in [9.17, 15) is 9.59 Å². The second-order valence-electron chi connectivity index (χ2n) is 3.47. The van der Waals surface area contributed by atoms with Crippen molar-refractivity contribution in [3.8, 4) is 0 Å². The van der Waals surface area contributed by atoms with Gasteiger partial charge in [-0.2, -0.15) is 0 Å². The summed E-state index contributed by atoms with van der Waals surface area (Å²) in [6.45, 7) is 4.22. The number of aromatic carboxylic acids is 1. The van der Waals surface area contributed by atoms with Gasteiger partial charge in [0.05, 0.1) is 17.8 Å². The molecule has 0 radical (unpaired) electrons. The molecule has 5 nitrogen and oxygen atoms in total. The van der Waals surface area contributed by atoms with Gasteiger partial charge in [-0.1, -0.05) is 6.08 Å². The molecule has 1 aromatic rings. The zero-order valence-corrected chi connectivity index (χ0v) is 11.7. The van der Waals surface area contributed by atoms with Gasteiger partial charge < -0.3 is 15.7 Å². The van der Waals surface area contributed by atoms with Crippen LogP contribution >= 0.6 is 22.6 Å². The van der Waals surface area contributed by atoms with E-state index in [2.05, 4.69) is 17.2 Å². The predicted octanol–water partition coefficient (Wildman–Crippen LogP) is 1.70. The number of halogens is 1. The highest BCUT2D eigenvalue weighted by molar-refractivity contribution is 14.1. The van der Waals surface area contributed by atoms with Gasteiger partial charge in [0.1, 0.15) is 0 Å². The summed E-state index contributed by atoms with van der Waals surface area (Å²) in [6, 6.07) is 4.59. The first-order chi connectivity index (χ1) is 8.54. The highest BCUT2D eigenvalue weighted by Gasteiger charge is 2.09. The molecule has 0 saturated carbocycles. The molecule has 0 atom stereocenters. The smallest absolute Gasteiger partial charge is 0.335 e. The van der Waals surface area contributed by atoms with Crippen molar-refractivity contribution in [2.24, 2.45) is 0 Å². The maximum absolute atomic E-state index is 11.6. The number of carbonyl (C=O) groups is 2. The van der Waals surface area contributed by atoms with Crippen LogP contribution in [0.25, 0.3) is 0 Å². The molecule has 0 aliphatic heterocycles. The highest BCUT2D eigenvalue weighted by Crippen LogP contribution is 2.19. The van der Waals surface area contributed by atoms with Crippen LogP contribution in [0.3, 0.4) is 0 Å². The van der Waals surface area contributed by atoms with Gasteiger partial charge in [-0.3, -0.25) is 4.79 Å². The Kier molecular flexibility index (Phi) is 5.79. The van der Waals surface area contributed by atoms with Gasteiger partial charge in [0, 0.05) is 10.1 Å². The van der Waals surface area contributed by atoms with Crippen LogP contribution in [0.15, 0.2) is 30.9 Å². The minimum Gasteiger partial charge on any atom is -0.478 e. The summed E-state index contributed by atoms with van der Waals surface area (Å²) in [6.07, 6.45) is 1.65. The number of nitrogens with one attached hydrogen (secondary N) is 2. The van der Waals surface area contributed by atoms with Gasteiger partial charge in [-0.15, -0.1) is 6.58 Å². The van der Waals surface area contributed by atoms with Crippen LogP contribution in [0.5, 0.6) is 0 Å². The molecule has 0 fully saturated rings. The Bertz CT molecular complexity index is 474. The van der Waals surface area contributed by atoms with Gasteiger partial charge in [0.2, 0.25) is 5.91 Å². The predicted molar refractivity (Wildman–Crippen MR) is 77.8 cm³/mol. The zero-order chi connectivity index (χ0) is 13.5. The minimum atomic E-state index is -1.02. The third-order valence-electron chi connectivity index (χ3n) is 2.06. The standard InChI is InChI=1S/C12H13IN2O3/c1-2-5-14-7-11(16)15-10-6-8(12(17)18)3-4-9(10)13/h2-4,6,14H,1,5,7H2,(H,15,16)(H,17,18). The molecule has 0 heterocycles. The lowest BCUT2D eigenvalue weighted by Gasteiger charge is -2.08. The molecule has 0 aliphatic rings. The number of hydrogen-bond donors (Lipinski definition) is 3. The fourth-order valence-electron chi connectivity index (χ4n) is 1.24. The third-order valence-corrected chi connectivity index (χ3v) is 3.00. The first kappa shape index (κ1) is 14.7. The summed E-state index contributed by atoms with van der Waals surface area (Å²) < 4.78 is 0.787.